The van der Waals surface area contributed by atoms with E-state index in [4.69, 9.17) is 11.6 Å². The van der Waals surface area contributed by atoms with Crippen LogP contribution < -0.4 is 10.7 Å². The van der Waals surface area contributed by atoms with Crippen LogP contribution >= 0.6 is 11.6 Å². The summed E-state index contributed by atoms with van der Waals surface area (Å²) in [6, 6.07) is 11.0. The van der Waals surface area contributed by atoms with Crippen molar-refractivity contribution in [1.82, 2.24) is 19.9 Å². The molecule has 5 nitrogen and oxygen atoms in total. The molecule has 0 spiro atoms. The van der Waals surface area contributed by atoms with E-state index < -0.39 is 0 Å². The van der Waals surface area contributed by atoms with Crippen LogP contribution in [0.3, 0.4) is 0 Å². The molecule has 1 aromatic carbocycles. The number of hydrogen-bond acceptors (Lipinski definition) is 4. The first kappa shape index (κ1) is 21.7. The minimum Gasteiger partial charge on any atom is -0.312 e. The molecular weight excluding hydrogens is 418 g/mol. The van der Waals surface area contributed by atoms with Gasteiger partial charge in [0.2, 0.25) is 0 Å². The third-order valence-electron chi connectivity index (χ3n) is 7.42. The fraction of sp³-hybridized carbons (Fsp3) is 0.500. The van der Waals surface area contributed by atoms with Crippen LogP contribution in [0.4, 0.5) is 5.69 Å². The maximum Gasteiger partial charge on any atom is 0.0738 e. The molecule has 0 aliphatic carbocycles. The first-order chi connectivity index (χ1) is 15.6. The summed E-state index contributed by atoms with van der Waals surface area (Å²) in [6.45, 7) is 9.00. The molecule has 0 amide bonds. The van der Waals surface area contributed by atoms with Gasteiger partial charge in [0.05, 0.1) is 11.2 Å². The summed E-state index contributed by atoms with van der Waals surface area (Å²) in [5.41, 5.74) is 9.34. The monoisotopic (exact) mass is 451 g/mol. The van der Waals surface area contributed by atoms with Crippen LogP contribution in [0.2, 0.25) is 5.02 Å². The topological polar surface area (TPSA) is 45.1 Å². The van der Waals surface area contributed by atoms with Crippen LogP contribution in [0.5, 0.6) is 0 Å². The molecule has 2 atom stereocenters. The largest absolute Gasteiger partial charge is 0.312 e. The molecule has 170 valence electrons. The van der Waals surface area contributed by atoms with E-state index >= 15 is 0 Å². The van der Waals surface area contributed by atoms with Crippen LogP contribution in [0.25, 0.3) is 10.9 Å². The van der Waals surface area contributed by atoms with E-state index in [-0.39, 0.29) is 0 Å². The molecule has 5 rings (SSSR count). The predicted octanol–water partition coefficient (Wildman–Crippen LogP) is 5.54. The fourth-order valence-corrected chi connectivity index (χ4v) is 5.89. The maximum absolute atomic E-state index is 6.15. The summed E-state index contributed by atoms with van der Waals surface area (Å²) in [5.74, 6) is 0.792. The van der Waals surface area contributed by atoms with Crippen LogP contribution in [0.15, 0.2) is 36.5 Å². The summed E-state index contributed by atoms with van der Waals surface area (Å²) in [4.78, 5) is 7.21. The number of aryl methyl sites for hydroxylation is 1. The molecule has 3 aromatic rings. The van der Waals surface area contributed by atoms with Crippen LogP contribution in [0, 0.1) is 19.8 Å². The first-order valence-electron chi connectivity index (χ1n) is 12.0. The van der Waals surface area contributed by atoms with Gasteiger partial charge in [0, 0.05) is 40.6 Å². The highest BCUT2D eigenvalue weighted by Gasteiger charge is 2.32. The molecule has 2 saturated heterocycles. The van der Waals surface area contributed by atoms with Gasteiger partial charge in [-0.3, -0.25) is 15.1 Å². The second kappa shape index (κ2) is 9.42. The van der Waals surface area contributed by atoms with Crippen molar-refractivity contribution in [2.24, 2.45) is 5.92 Å². The number of halogens is 1. The number of nitrogens with zero attached hydrogens (tertiary/aromatic N) is 3. The van der Waals surface area contributed by atoms with Gasteiger partial charge in [0.15, 0.2) is 0 Å². The third kappa shape index (κ3) is 4.39. The number of anilines is 1. The Bertz CT molecular complexity index is 1090. The maximum atomic E-state index is 6.15. The van der Waals surface area contributed by atoms with Gasteiger partial charge < -0.3 is 10.2 Å². The zero-order valence-electron chi connectivity index (χ0n) is 19.2. The minimum atomic E-state index is 0.707. The Hall–Kier alpha value is -2.08. The minimum absolute atomic E-state index is 0.707. The number of piperidine rings is 2. The van der Waals surface area contributed by atoms with E-state index in [9.17, 15) is 0 Å². The average molecular weight is 452 g/mol. The lowest BCUT2D eigenvalue weighted by Gasteiger charge is -2.44. The van der Waals surface area contributed by atoms with Crippen molar-refractivity contribution in [3.05, 3.63) is 58.5 Å². The molecule has 0 saturated carbocycles. The van der Waals surface area contributed by atoms with Crippen molar-refractivity contribution in [2.45, 2.75) is 58.5 Å². The van der Waals surface area contributed by atoms with Crippen molar-refractivity contribution in [1.29, 1.82) is 0 Å². The number of fused-ring (bicyclic) bond motifs is 2. The fourth-order valence-electron chi connectivity index (χ4n) is 5.73. The summed E-state index contributed by atoms with van der Waals surface area (Å²) in [7, 11) is 0. The van der Waals surface area contributed by atoms with E-state index in [1.54, 1.807) is 0 Å². The van der Waals surface area contributed by atoms with Gasteiger partial charge in [0.1, 0.15) is 0 Å². The summed E-state index contributed by atoms with van der Waals surface area (Å²) in [5, 5.41) is 5.57. The van der Waals surface area contributed by atoms with Crippen molar-refractivity contribution in [3.8, 4) is 0 Å². The van der Waals surface area contributed by atoms with Crippen LogP contribution in [-0.2, 0) is 6.54 Å². The predicted molar refractivity (Wildman–Crippen MR) is 133 cm³/mol. The lowest BCUT2D eigenvalue weighted by Crippen LogP contribution is -2.50. The summed E-state index contributed by atoms with van der Waals surface area (Å²) < 4.78 is 2.18. The number of aromatic nitrogens is 2. The first-order valence-corrected chi connectivity index (χ1v) is 12.4. The van der Waals surface area contributed by atoms with E-state index in [0.717, 1.165) is 41.6 Å². The van der Waals surface area contributed by atoms with E-state index in [1.807, 2.05) is 30.5 Å². The number of rotatable bonds is 6. The molecule has 0 radical (unpaired) electrons. The van der Waals surface area contributed by atoms with Crippen molar-refractivity contribution in [3.63, 3.8) is 0 Å². The van der Waals surface area contributed by atoms with Crippen molar-refractivity contribution >= 4 is 28.2 Å². The highest BCUT2D eigenvalue weighted by atomic mass is 35.5. The Morgan fingerprint density at radius 1 is 1.06 bits per heavy atom. The average Bonchev–Trinajstić information content (AvgIpc) is 3.07. The van der Waals surface area contributed by atoms with E-state index in [1.165, 1.54) is 62.1 Å². The third-order valence-corrected chi connectivity index (χ3v) is 7.66. The second-order valence-electron chi connectivity index (χ2n) is 9.50. The molecule has 0 unspecified atom stereocenters. The van der Waals surface area contributed by atoms with Gasteiger partial charge in [0.25, 0.3) is 0 Å². The Kier molecular flexibility index (Phi) is 6.40. The molecule has 6 heteroatoms. The zero-order chi connectivity index (χ0) is 22.1. The molecule has 2 fully saturated rings. The lowest BCUT2D eigenvalue weighted by atomic mass is 9.83. The second-order valence-corrected chi connectivity index (χ2v) is 9.93. The molecule has 2 N–H and O–H groups in total. The highest BCUT2D eigenvalue weighted by molar-refractivity contribution is 6.31. The molecule has 2 aromatic heterocycles. The van der Waals surface area contributed by atoms with Crippen LogP contribution in [-0.4, -0.2) is 40.2 Å². The Labute approximate surface area is 196 Å². The smallest absolute Gasteiger partial charge is 0.0738 e. The summed E-state index contributed by atoms with van der Waals surface area (Å²) in [6.07, 6.45) is 8.72. The van der Waals surface area contributed by atoms with Gasteiger partial charge in [-0.1, -0.05) is 18.0 Å². The standard InChI is InChI=1S/C26H34ClN5/c1-18-14-21(17-28-16-20-6-5-13-31-12-4-3-7-26(20)31)19(2)32(18)30-24-10-11-29-25-15-22(27)8-9-23(24)25/h8-11,14-15,20,26,28H,3-7,12-13,16-17H2,1-2H3,(H,29,30)/t20-,26+/m0/s1. The number of hydrogen-bond donors (Lipinski definition) is 2. The van der Waals surface area contributed by atoms with Gasteiger partial charge in [-0.2, -0.15) is 0 Å². The Balaban J connectivity index is 1.27. The Morgan fingerprint density at radius 3 is 2.84 bits per heavy atom. The van der Waals surface area contributed by atoms with Gasteiger partial charge >= 0.3 is 0 Å². The van der Waals surface area contributed by atoms with Gasteiger partial charge in [-0.05, 0) is 101 Å². The van der Waals surface area contributed by atoms with Crippen molar-refractivity contribution < 1.29 is 0 Å². The summed E-state index contributed by atoms with van der Waals surface area (Å²) >= 11 is 6.15. The number of pyridine rings is 1. The zero-order valence-corrected chi connectivity index (χ0v) is 20.0. The van der Waals surface area contributed by atoms with Gasteiger partial charge in [-0.15, -0.1) is 0 Å². The SMILES string of the molecule is Cc1cc(CNC[C@@H]2CCCN3CCCC[C@H]23)c(C)n1Nc1ccnc2cc(Cl)ccc12. The molecule has 0 bridgehead atoms. The molecule has 2 aliphatic heterocycles. The molecule has 32 heavy (non-hydrogen) atoms. The molecule has 4 heterocycles. The Morgan fingerprint density at radius 2 is 1.94 bits per heavy atom. The number of benzene rings is 1. The number of nitrogens with one attached hydrogen (secondary N) is 2. The van der Waals surface area contributed by atoms with Crippen LogP contribution in [0.1, 0.15) is 49.1 Å². The quantitative estimate of drug-likeness (QED) is 0.516. The molecular formula is C26H34ClN5. The van der Waals surface area contributed by atoms with E-state index in [2.05, 4.69) is 45.2 Å². The highest BCUT2D eigenvalue weighted by Crippen LogP contribution is 2.31. The van der Waals surface area contributed by atoms with Crippen molar-refractivity contribution in [2.75, 3.05) is 25.1 Å². The lowest BCUT2D eigenvalue weighted by molar-refractivity contribution is 0.0593. The molecule has 2 aliphatic rings. The normalized spacial score (nSPS) is 21.6. The van der Waals surface area contributed by atoms with E-state index in [0.29, 0.717) is 5.02 Å². The van der Waals surface area contributed by atoms with Gasteiger partial charge in [-0.25, -0.2) is 0 Å².